The average molecular weight is 244 g/mol. The standard InChI is InChI=1S/C16H17FO/c1-2-16(18,14-8-4-3-5-9-14)12-13-7-6-10-15(17)11-13/h3-11,18H,2,12H2,1H3. The van der Waals surface area contributed by atoms with Gasteiger partial charge in [-0.15, -0.1) is 0 Å². The van der Waals surface area contributed by atoms with Crippen LogP contribution in [0.25, 0.3) is 0 Å². The van der Waals surface area contributed by atoms with Gasteiger partial charge in [0.2, 0.25) is 0 Å². The van der Waals surface area contributed by atoms with Gasteiger partial charge in [0.25, 0.3) is 0 Å². The number of benzene rings is 2. The highest BCUT2D eigenvalue weighted by Gasteiger charge is 2.27. The summed E-state index contributed by atoms with van der Waals surface area (Å²) < 4.78 is 13.2. The van der Waals surface area contributed by atoms with Gasteiger partial charge < -0.3 is 5.11 Å². The van der Waals surface area contributed by atoms with Crippen LogP contribution < -0.4 is 0 Å². The molecular formula is C16H17FO. The first-order chi connectivity index (χ1) is 8.64. The van der Waals surface area contributed by atoms with Gasteiger partial charge in [-0.25, -0.2) is 4.39 Å². The molecule has 0 aliphatic heterocycles. The molecule has 18 heavy (non-hydrogen) atoms. The normalized spacial score (nSPS) is 14.2. The third-order valence-corrected chi connectivity index (χ3v) is 3.28. The molecule has 2 rings (SSSR count). The van der Waals surface area contributed by atoms with Gasteiger partial charge in [-0.2, -0.15) is 0 Å². The Bertz CT molecular complexity index is 510. The van der Waals surface area contributed by atoms with E-state index in [0.29, 0.717) is 12.8 Å². The second-order valence-corrected chi connectivity index (χ2v) is 4.56. The Labute approximate surface area is 107 Å². The molecule has 0 fully saturated rings. The van der Waals surface area contributed by atoms with Gasteiger partial charge in [0.15, 0.2) is 0 Å². The minimum atomic E-state index is -0.935. The SMILES string of the molecule is CCC(O)(Cc1cccc(F)c1)c1ccccc1. The maximum Gasteiger partial charge on any atom is 0.123 e. The van der Waals surface area contributed by atoms with Crippen LogP contribution in [-0.4, -0.2) is 5.11 Å². The first kappa shape index (κ1) is 12.8. The first-order valence-electron chi connectivity index (χ1n) is 6.16. The smallest absolute Gasteiger partial charge is 0.123 e. The van der Waals surface area contributed by atoms with Crippen molar-refractivity contribution < 1.29 is 9.50 Å². The summed E-state index contributed by atoms with van der Waals surface area (Å²) in [5, 5.41) is 10.7. The maximum atomic E-state index is 13.2. The molecule has 0 heterocycles. The predicted molar refractivity (Wildman–Crippen MR) is 70.7 cm³/mol. The maximum absolute atomic E-state index is 13.2. The van der Waals surface area contributed by atoms with Crippen molar-refractivity contribution >= 4 is 0 Å². The summed E-state index contributed by atoms with van der Waals surface area (Å²) in [7, 11) is 0. The molecular weight excluding hydrogens is 227 g/mol. The molecule has 0 saturated carbocycles. The van der Waals surface area contributed by atoms with Gasteiger partial charge in [-0.1, -0.05) is 49.4 Å². The van der Waals surface area contributed by atoms with Gasteiger partial charge in [0, 0.05) is 6.42 Å². The van der Waals surface area contributed by atoms with Crippen LogP contribution in [0.4, 0.5) is 4.39 Å². The number of rotatable bonds is 4. The van der Waals surface area contributed by atoms with Crippen molar-refractivity contribution in [3.05, 3.63) is 71.5 Å². The second kappa shape index (κ2) is 5.32. The Morgan fingerprint density at radius 2 is 1.78 bits per heavy atom. The summed E-state index contributed by atoms with van der Waals surface area (Å²) in [5.41, 5.74) is 0.745. The zero-order valence-electron chi connectivity index (χ0n) is 10.4. The Hall–Kier alpha value is -1.67. The monoisotopic (exact) mass is 244 g/mol. The first-order valence-corrected chi connectivity index (χ1v) is 6.16. The largest absolute Gasteiger partial charge is 0.385 e. The van der Waals surface area contributed by atoms with E-state index in [0.717, 1.165) is 11.1 Å². The number of hydrogen-bond acceptors (Lipinski definition) is 1. The molecule has 0 amide bonds. The van der Waals surface area contributed by atoms with Crippen LogP contribution in [0.1, 0.15) is 24.5 Å². The van der Waals surface area contributed by atoms with E-state index < -0.39 is 5.60 Å². The van der Waals surface area contributed by atoms with Crippen LogP contribution in [0.2, 0.25) is 0 Å². The number of aliphatic hydroxyl groups is 1. The molecule has 0 radical (unpaired) electrons. The fraction of sp³-hybridized carbons (Fsp3) is 0.250. The van der Waals surface area contributed by atoms with Crippen LogP contribution in [0, 0.1) is 5.82 Å². The van der Waals surface area contributed by atoms with Gasteiger partial charge in [-0.3, -0.25) is 0 Å². The Kier molecular flexibility index (Phi) is 3.78. The van der Waals surface area contributed by atoms with E-state index in [4.69, 9.17) is 0 Å². The summed E-state index contributed by atoms with van der Waals surface area (Å²) in [4.78, 5) is 0. The molecule has 1 N–H and O–H groups in total. The van der Waals surface area contributed by atoms with E-state index in [1.165, 1.54) is 12.1 Å². The molecule has 1 nitrogen and oxygen atoms in total. The topological polar surface area (TPSA) is 20.2 Å². The summed E-state index contributed by atoms with van der Waals surface area (Å²) in [5.74, 6) is -0.265. The van der Waals surface area contributed by atoms with Gasteiger partial charge in [0.1, 0.15) is 5.82 Å². The van der Waals surface area contributed by atoms with Crippen molar-refractivity contribution in [2.75, 3.05) is 0 Å². The Balaban J connectivity index is 2.29. The van der Waals surface area contributed by atoms with E-state index in [9.17, 15) is 9.50 Å². The van der Waals surface area contributed by atoms with Crippen LogP contribution in [0.3, 0.4) is 0 Å². The van der Waals surface area contributed by atoms with Gasteiger partial charge in [-0.05, 0) is 29.7 Å². The lowest BCUT2D eigenvalue weighted by Gasteiger charge is -2.27. The van der Waals surface area contributed by atoms with Crippen LogP contribution in [0.15, 0.2) is 54.6 Å². The Morgan fingerprint density at radius 3 is 2.39 bits per heavy atom. The number of halogens is 1. The van der Waals surface area contributed by atoms with Crippen LogP contribution in [-0.2, 0) is 12.0 Å². The quantitative estimate of drug-likeness (QED) is 0.870. The van der Waals surface area contributed by atoms with Crippen molar-refractivity contribution in [1.29, 1.82) is 0 Å². The zero-order valence-corrected chi connectivity index (χ0v) is 10.4. The zero-order chi connectivity index (χ0) is 13.0. The molecule has 0 bridgehead atoms. The van der Waals surface area contributed by atoms with Crippen molar-refractivity contribution in [1.82, 2.24) is 0 Å². The fourth-order valence-electron chi connectivity index (χ4n) is 2.16. The molecule has 0 spiro atoms. The summed E-state index contributed by atoms with van der Waals surface area (Å²) >= 11 is 0. The van der Waals surface area contributed by atoms with Crippen molar-refractivity contribution in [2.45, 2.75) is 25.4 Å². The molecule has 2 aromatic carbocycles. The highest BCUT2D eigenvalue weighted by Crippen LogP contribution is 2.29. The number of hydrogen-bond donors (Lipinski definition) is 1. The van der Waals surface area contributed by atoms with E-state index in [1.807, 2.05) is 43.3 Å². The molecule has 2 aromatic rings. The van der Waals surface area contributed by atoms with Crippen molar-refractivity contribution in [3.8, 4) is 0 Å². The van der Waals surface area contributed by atoms with Crippen LogP contribution in [0.5, 0.6) is 0 Å². The van der Waals surface area contributed by atoms with Crippen molar-refractivity contribution in [2.24, 2.45) is 0 Å². The average Bonchev–Trinajstić information content (AvgIpc) is 2.39. The molecule has 1 atom stereocenters. The summed E-state index contributed by atoms with van der Waals surface area (Å²) in [6.45, 7) is 1.94. The fourth-order valence-corrected chi connectivity index (χ4v) is 2.16. The van der Waals surface area contributed by atoms with Crippen LogP contribution >= 0.6 is 0 Å². The Morgan fingerprint density at radius 1 is 1.06 bits per heavy atom. The molecule has 0 aromatic heterocycles. The minimum Gasteiger partial charge on any atom is -0.385 e. The predicted octanol–water partition coefficient (Wildman–Crippen LogP) is 3.67. The highest BCUT2D eigenvalue weighted by atomic mass is 19.1. The molecule has 0 aliphatic rings. The summed E-state index contributed by atoms with van der Waals surface area (Å²) in [6, 6.07) is 15.9. The van der Waals surface area contributed by atoms with E-state index in [2.05, 4.69) is 0 Å². The molecule has 0 saturated heterocycles. The molecule has 2 heteroatoms. The second-order valence-electron chi connectivity index (χ2n) is 4.56. The lowest BCUT2D eigenvalue weighted by atomic mass is 9.85. The third kappa shape index (κ3) is 2.77. The van der Waals surface area contributed by atoms with Gasteiger partial charge >= 0.3 is 0 Å². The molecule has 1 unspecified atom stereocenters. The van der Waals surface area contributed by atoms with E-state index >= 15 is 0 Å². The van der Waals surface area contributed by atoms with E-state index in [-0.39, 0.29) is 5.82 Å². The minimum absolute atomic E-state index is 0.265. The lowest BCUT2D eigenvalue weighted by Crippen LogP contribution is -2.27. The lowest BCUT2D eigenvalue weighted by molar-refractivity contribution is 0.0327. The molecule has 94 valence electrons. The van der Waals surface area contributed by atoms with Gasteiger partial charge in [0.05, 0.1) is 5.60 Å². The molecule has 0 aliphatic carbocycles. The van der Waals surface area contributed by atoms with E-state index in [1.54, 1.807) is 6.07 Å². The third-order valence-electron chi connectivity index (χ3n) is 3.28. The summed E-state index contributed by atoms with van der Waals surface area (Å²) in [6.07, 6.45) is 1.01. The highest BCUT2D eigenvalue weighted by molar-refractivity contribution is 5.27. The van der Waals surface area contributed by atoms with Crippen molar-refractivity contribution in [3.63, 3.8) is 0 Å².